The number of hydrogen-bond acceptors (Lipinski definition) is 3. The lowest BCUT2D eigenvalue weighted by Gasteiger charge is -2.36. The summed E-state index contributed by atoms with van der Waals surface area (Å²) in [5.74, 6) is 0.385. The predicted octanol–water partition coefficient (Wildman–Crippen LogP) is 5.27. The molecule has 4 rings (SSSR count). The van der Waals surface area contributed by atoms with Gasteiger partial charge in [-0.1, -0.05) is 44.0 Å². The molecular formula is C24H29NO2. The maximum atomic E-state index is 13.3. The molecule has 0 spiro atoms. The Labute approximate surface area is 161 Å². The quantitative estimate of drug-likeness (QED) is 0.679. The molecule has 1 saturated carbocycles. The summed E-state index contributed by atoms with van der Waals surface area (Å²) in [6.45, 7) is 3.89. The van der Waals surface area contributed by atoms with Gasteiger partial charge in [-0.25, -0.2) is 0 Å². The van der Waals surface area contributed by atoms with E-state index in [2.05, 4.69) is 4.90 Å². The molecule has 0 bridgehead atoms. The van der Waals surface area contributed by atoms with Crippen LogP contribution in [0.3, 0.4) is 0 Å². The van der Waals surface area contributed by atoms with Gasteiger partial charge in [-0.05, 0) is 55.1 Å². The van der Waals surface area contributed by atoms with Crippen molar-refractivity contribution >= 4 is 22.3 Å². The molecule has 3 heteroatoms. The molecule has 2 fully saturated rings. The minimum atomic E-state index is 0.0603. The molecule has 142 valence electrons. The van der Waals surface area contributed by atoms with Crippen molar-refractivity contribution in [3.05, 3.63) is 47.5 Å². The van der Waals surface area contributed by atoms with Gasteiger partial charge in [0.15, 0.2) is 11.6 Å². The maximum Gasteiger partial charge on any atom is 0.167 e. The number of hydrogen-bond donors (Lipinski definition) is 0. The average molecular weight is 364 g/mol. The molecule has 2 aromatic rings. The number of ketones is 2. The van der Waals surface area contributed by atoms with Gasteiger partial charge >= 0.3 is 0 Å². The van der Waals surface area contributed by atoms with Crippen LogP contribution in [0.5, 0.6) is 0 Å². The first-order chi connectivity index (χ1) is 13.2. The van der Waals surface area contributed by atoms with Crippen molar-refractivity contribution in [2.24, 2.45) is 5.92 Å². The van der Waals surface area contributed by atoms with E-state index in [1.165, 1.54) is 25.7 Å². The van der Waals surface area contributed by atoms with Crippen LogP contribution in [0, 0.1) is 5.92 Å². The van der Waals surface area contributed by atoms with Crippen molar-refractivity contribution in [3.63, 3.8) is 0 Å². The zero-order chi connectivity index (χ0) is 18.8. The van der Waals surface area contributed by atoms with Gasteiger partial charge in [0.2, 0.25) is 0 Å². The molecule has 0 radical (unpaired) electrons. The molecule has 1 saturated heterocycles. The highest BCUT2D eigenvalue weighted by Crippen LogP contribution is 2.30. The van der Waals surface area contributed by atoms with Gasteiger partial charge in [0.05, 0.1) is 0 Å². The van der Waals surface area contributed by atoms with E-state index in [-0.39, 0.29) is 17.5 Å². The Morgan fingerprint density at radius 1 is 1.04 bits per heavy atom. The molecule has 2 aliphatic rings. The second kappa shape index (κ2) is 7.93. The highest BCUT2D eigenvalue weighted by Gasteiger charge is 2.31. The summed E-state index contributed by atoms with van der Waals surface area (Å²) in [5, 5.41) is 1.95. The highest BCUT2D eigenvalue weighted by atomic mass is 16.1. The number of benzene rings is 2. The summed E-state index contributed by atoms with van der Waals surface area (Å²) in [4.78, 5) is 28.4. The van der Waals surface area contributed by atoms with Crippen LogP contribution in [0.25, 0.3) is 10.8 Å². The van der Waals surface area contributed by atoms with Gasteiger partial charge in [0, 0.05) is 36.1 Å². The lowest BCUT2D eigenvalue weighted by atomic mass is 9.87. The fraction of sp³-hybridized carbons (Fsp3) is 0.500. The number of rotatable bonds is 5. The van der Waals surface area contributed by atoms with Crippen LogP contribution in [0.1, 0.15) is 72.6 Å². The first-order valence-corrected chi connectivity index (χ1v) is 10.5. The summed E-state index contributed by atoms with van der Waals surface area (Å²) >= 11 is 0. The minimum Gasteiger partial charge on any atom is -0.300 e. The largest absolute Gasteiger partial charge is 0.300 e. The Kier molecular flexibility index (Phi) is 5.40. The van der Waals surface area contributed by atoms with Crippen LogP contribution in [-0.4, -0.2) is 35.6 Å². The lowest BCUT2D eigenvalue weighted by Crippen LogP contribution is -2.43. The van der Waals surface area contributed by atoms with E-state index in [4.69, 9.17) is 0 Å². The first kappa shape index (κ1) is 18.4. The van der Waals surface area contributed by atoms with Crippen molar-refractivity contribution in [3.8, 4) is 0 Å². The van der Waals surface area contributed by atoms with Crippen LogP contribution in [-0.2, 0) is 0 Å². The molecular weight excluding hydrogens is 334 g/mol. The van der Waals surface area contributed by atoms with E-state index in [9.17, 15) is 9.59 Å². The smallest absolute Gasteiger partial charge is 0.167 e. The van der Waals surface area contributed by atoms with E-state index in [0.29, 0.717) is 23.6 Å². The van der Waals surface area contributed by atoms with Crippen molar-refractivity contribution in [1.29, 1.82) is 0 Å². The van der Waals surface area contributed by atoms with Crippen molar-refractivity contribution < 1.29 is 9.59 Å². The second-order valence-electron chi connectivity index (χ2n) is 8.16. The van der Waals surface area contributed by atoms with E-state index < -0.39 is 0 Å². The molecule has 0 amide bonds. The third kappa shape index (κ3) is 3.70. The minimum absolute atomic E-state index is 0.0603. The molecule has 2 aromatic carbocycles. The molecule has 0 aromatic heterocycles. The normalized spacial score (nSPS) is 21.6. The van der Waals surface area contributed by atoms with Crippen LogP contribution in [0.15, 0.2) is 36.4 Å². The van der Waals surface area contributed by atoms with E-state index in [1.54, 1.807) is 0 Å². The summed E-state index contributed by atoms with van der Waals surface area (Å²) in [6, 6.07) is 12.4. The summed E-state index contributed by atoms with van der Waals surface area (Å²) in [6.07, 6.45) is 7.74. The van der Waals surface area contributed by atoms with Crippen LogP contribution in [0.2, 0.25) is 0 Å². The number of nitrogens with zero attached hydrogens (tertiary/aromatic N) is 1. The van der Waals surface area contributed by atoms with E-state index in [0.717, 1.165) is 36.7 Å². The van der Waals surface area contributed by atoms with Crippen molar-refractivity contribution in [2.75, 3.05) is 13.1 Å². The summed E-state index contributed by atoms with van der Waals surface area (Å²) in [5.41, 5.74) is 1.41. The summed E-state index contributed by atoms with van der Waals surface area (Å²) < 4.78 is 0. The monoisotopic (exact) mass is 363 g/mol. The number of likely N-dealkylation sites (tertiary alicyclic amines) is 1. The van der Waals surface area contributed by atoms with E-state index in [1.807, 2.05) is 43.3 Å². The number of carbonyl (C=O) groups is 2. The van der Waals surface area contributed by atoms with Crippen molar-refractivity contribution in [2.45, 2.75) is 57.9 Å². The third-order valence-electron chi connectivity index (χ3n) is 6.43. The standard InChI is InChI=1S/C24H29NO2/c1-2-23(26)22-15-19(14-17-8-3-6-12-21(17)22)24(27)18-9-7-13-25(16-18)20-10-4-5-11-20/h3,6,8,12,14-15,18,20H,2,4-5,7,9-11,13,16H2,1H3. The van der Waals surface area contributed by atoms with Crippen LogP contribution in [0.4, 0.5) is 0 Å². The molecule has 3 nitrogen and oxygen atoms in total. The Morgan fingerprint density at radius 2 is 1.81 bits per heavy atom. The molecule has 1 aliphatic heterocycles. The molecule has 1 unspecified atom stereocenters. The fourth-order valence-electron chi connectivity index (χ4n) is 4.93. The topological polar surface area (TPSA) is 37.4 Å². The SMILES string of the molecule is CCC(=O)c1cc(C(=O)C2CCCN(C3CCCC3)C2)cc2ccccc12. The number of piperidine rings is 1. The summed E-state index contributed by atoms with van der Waals surface area (Å²) in [7, 11) is 0. The Hall–Kier alpha value is -2.00. The second-order valence-corrected chi connectivity index (χ2v) is 8.16. The predicted molar refractivity (Wildman–Crippen MR) is 109 cm³/mol. The molecule has 1 aliphatic carbocycles. The molecule has 1 heterocycles. The molecule has 0 N–H and O–H groups in total. The molecule has 1 atom stereocenters. The maximum absolute atomic E-state index is 13.3. The number of fused-ring (bicyclic) bond motifs is 1. The highest BCUT2D eigenvalue weighted by molar-refractivity contribution is 6.11. The van der Waals surface area contributed by atoms with Gasteiger partial charge in [-0.2, -0.15) is 0 Å². The molecule has 27 heavy (non-hydrogen) atoms. The third-order valence-corrected chi connectivity index (χ3v) is 6.43. The number of carbonyl (C=O) groups excluding carboxylic acids is 2. The zero-order valence-corrected chi connectivity index (χ0v) is 16.2. The lowest BCUT2D eigenvalue weighted by molar-refractivity contribution is 0.0757. The Bertz CT molecular complexity index is 851. The van der Waals surface area contributed by atoms with Crippen LogP contribution < -0.4 is 0 Å². The average Bonchev–Trinajstić information content (AvgIpc) is 3.27. The Morgan fingerprint density at radius 3 is 2.59 bits per heavy atom. The van der Waals surface area contributed by atoms with Gasteiger partial charge in [-0.15, -0.1) is 0 Å². The van der Waals surface area contributed by atoms with Gasteiger partial charge in [-0.3, -0.25) is 14.5 Å². The fourth-order valence-corrected chi connectivity index (χ4v) is 4.93. The van der Waals surface area contributed by atoms with Gasteiger partial charge in [0.25, 0.3) is 0 Å². The van der Waals surface area contributed by atoms with Crippen molar-refractivity contribution in [1.82, 2.24) is 4.90 Å². The number of Topliss-reactive ketones (excluding diaryl/α,β-unsaturated/α-hetero) is 2. The van der Waals surface area contributed by atoms with Crippen LogP contribution >= 0.6 is 0 Å². The van der Waals surface area contributed by atoms with Gasteiger partial charge < -0.3 is 0 Å². The zero-order valence-electron chi connectivity index (χ0n) is 16.2. The Balaban J connectivity index is 1.63. The first-order valence-electron chi connectivity index (χ1n) is 10.5. The van der Waals surface area contributed by atoms with E-state index >= 15 is 0 Å². The van der Waals surface area contributed by atoms with Gasteiger partial charge in [0.1, 0.15) is 0 Å².